The van der Waals surface area contributed by atoms with Crippen LogP contribution in [0.3, 0.4) is 0 Å². The third-order valence-electron chi connectivity index (χ3n) is 4.28. The third kappa shape index (κ3) is 6.33. The number of methoxy groups -OCH3 is 1. The van der Waals surface area contributed by atoms with E-state index in [0.717, 1.165) is 12.1 Å². The molecule has 2 amide bonds. The summed E-state index contributed by atoms with van der Waals surface area (Å²) in [6.07, 6.45) is -1.08. The van der Waals surface area contributed by atoms with Gasteiger partial charge in [0.05, 0.1) is 13.2 Å². The van der Waals surface area contributed by atoms with Crippen molar-refractivity contribution in [2.45, 2.75) is 32.4 Å². The maximum atomic E-state index is 14.2. The lowest BCUT2D eigenvalue weighted by Crippen LogP contribution is -2.51. The van der Waals surface area contributed by atoms with Gasteiger partial charge in [0.15, 0.2) is 0 Å². The molecule has 1 saturated heterocycles. The molecule has 0 aromatic heterocycles. The number of nitrogens with one attached hydrogen (secondary N) is 1. The Bertz CT molecular complexity index is 701. The number of amides is 2. The lowest BCUT2D eigenvalue weighted by molar-refractivity contribution is 0.0138. The van der Waals surface area contributed by atoms with Crippen molar-refractivity contribution in [3.8, 4) is 0 Å². The number of hydrogen-bond donors (Lipinski definition) is 1. The molecule has 1 unspecified atom stereocenters. The van der Waals surface area contributed by atoms with Crippen LogP contribution in [0, 0.1) is 11.6 Å². The zero-order valence-electron chi connectivity index (χ0n) is 16.6. The first kappa shape index (κ1) is 21.9. The van der Waals surface area contributed by atoms with Gasteiger partial charge in [-0.3, -0.25) is 4.90 Å². The zero-order chi connectivity index (χ0) is 20.9. The highest BCUT2D eigenvalue weighted by Gasteiger charge is 2.28. The molecule has 1 fully saturated rings. The number of carbonyl (C=O) groups is 2. The Morgan fingerprint density at radius 2 is 1.82 bits per heavy atom. The summed E-state index contributed by atoms with van der Waals surface area (Å²) in [4.78, 5) is 27.4. The van der Waals surface area contributed by atoms with E-state index in [9.17, 15) is 18.4 Å². The van der Waals surface area contributed by atoms with Crippen LogP contribution in [0.1, 0.15) is 32.4 Å². The van der Waals surface area contributed by atoms with Crippen LogP contribution in [0.5, 0.6) is 0 Å². The molecule has 1 atom stereocenters. The number of rotatable bonds is 4. The second-order valence-electron chi connectivity index (χ2n) is 7.62. The van der Waals surface area contributed by atoms with Crippen molar-refractivity contribution in [1.29, 1.82) is 0 Å². The summed E-state index contributed by atoms with van der Waals surface area (Å²) in [6.45, 7) is 7.67. The first-order chi connectivity index (χ1) is 13.1. The Morgan fingerprint density at radius 1 is 1.18 bits per heavy atom. The van der Waals surface area contributed by atoms with Crippen molar-refractivity contribution in [3.63, 3.8) is 0 Å². The van der Waals surface area contributed by atoms with Crippen molar-refractivity contribution >= 4 is 12.2 Å². The van der Waals surface area contributed by atoms with Gasteiger partial charge in [0, 0.05) is 44.4 Å². The molecule has 1 aliphatic rings. The van der Waals surface area contributed by atoms with Gasteiger partial charge in [0.25, 0.3) is 0 Å². The van der Waals surface area contributed by atoms with E-state index in [4.69, 9.17) is 4.74 Å². The molecule has 0 spiro atoms. The van der Waals surface area contributed by atoms with Crippen LogP contribution in [0.4, 0.5) is 18.4 Å². The third-order valence-corrected chi connectivity index (χ3v) is 4.28. The first-order valence-electron chi connectivity index (χ1n) is 9.09. The fraction of sp³-hybridized carbons (Fsp3) is 0.579. The highest BCUT2D eigenvalue weighted by Crippen LogP contribution is 2.21. The molecular formula is C19H27F2N3O4. The Morgan fingerprint density at radius 3 is 2.36 bits per heavy atom. The summed E-state index contributed by atoms with van der Waals surface area (Å²) in [7, 11) is 1.22. The van der Waals surface area contributed by atoms with Crippen LogP contribution in [0.25, 0.3) is 0 Å². The standard InChI is InChI=1S/C19H27F2N3O4/c1-19(2,3)28-18(26)24-9-7-23(8-10-24)12-16(22-17(25)27-4)14-6-5-13(20)11-15(14)21/h5-6,11,16H,7-10,12H2,1-4H3,(H,22,25). The Balaban J connectivity index is 2.01. The van der Waals surface area contributed by atoms with Crippen LogP contribution in [0.15, 0.2) is 18.2 Å². The van der Waals surface area contributed by atoms with Gasteiger partial charge < -0.3 is 19.7 Å². The van der Waals surface area contributed by atoms with E-state index < -0.39 is 29.4 Å². The van der Waals surface area contributed by atoms with Crippen LogP contribution in [-0.2, 0) is 9.47 Å². The Kier molecular flexibility index (Phi) is 7.17. The molecule has 9 heteroatoms. The van der Waals surface area contributed by atoms with Crippen LogP contribution in [-0.4, -0.2) is 67.4 Å². The summed E-state index contributed by atoms with van der Waals surface area (Å²) in [5, 5.41) is 2.59. The summed E-state index contributed by atoms with van der Waals surface area (Å²) in [5.74, 6) is -1.43. The molecule has 28 heavy (non-hydrogen) atoms. The first-order valence-corrected chi connectivity index (χ1v) is 9.09. The van der Waals surface area contributed by atoms with Gasteiger partial charge in [0.2, 0.25) is 0 Å². The number of carbonyl (C=O) groups excluding carboxylic acids is 2. The highest BCUT2D eigenvalue weighted by molar-refractivity contribution is 5.68. The molecule has 1 aromatic rings. The van der Waals surface area contributed by atoms with E-state index in [0.29, 0.717) is 32.7 Å². The molecule has 1 N–H and O–H groups in total. The molecule has 156 valence electrons. The number of hydrogen-bond acceptors (Lipinski definition) is 5. The van der Waals surface area contributed by atoms with Gasteiger partial charge in [-0.25, -0.2) is 18.4 Å². The minimum absolute atomic E-state index is 0.168. The van der Waals surface area contributed by atoms with E-state index in [1.807, 2.05) is 25.7 Å². The second-order valence-corrected chi connectivity index (χ2v) is 7.62. The molecule has 1 aromatic carbocycles. The Hall–Kier alpha value is -2.42. The Labute approximate surface area is 163 Å². The molecule has 0 radical (unpaired) electrons. The largest absolute Gasteiger partial charge is 0.453 e. The average molecular weight is 399 g/mol. The highest BCUT2D eigenvalue weighted by atomic mass is 19.1. The molecular weight excluding hydrogens is 372 g/mol. The predicted octanol–water partition coefficient (Wildman–Crippen LogP) is 2.91. The van der Waals surface area contributed by atoms with Crippen LogP contribution in [0.2, 0.25) is 0 Å². The fourth-order valence-electron chi connectivity index (χ4n) is 2.90. The number of benzene rings is 1. The van der Waals surface area contributed by atoms with Gasteiger partial charge in [-0.05, 0) is 26.8 Å². The minimum atomic E-state index is -0.742. The van der Waals surface area contributed by atoms with Crippen molar-refractivity contribution in [1.82, 2.24) is 15.1 Å². The number of ether oxygens (including phenoxy) is 2. The maximum absolute atomic E-state index is 14.2. The predicted molar refractivity (Wildman–Crippen MR) is 98.9 cm³/mol. The summed E-state index contributed by atoms with van der Waals surface area (Å²) in [6, 6.07) is 2.51. The van der Waals surface area contributed by atoms with Gasteiger partial charge in [-0.2, -0.15) is 0 Å². The number of nitrogens with zero attached hydrogens (tertiary/aromatic N) is 2. The van der Waals surface area contributed by atoms with E-state index in [-0.39, 0.29) is 11.7 Å². The molecule has 1 aliphatic heterocycles. The van der Waals surface area contributed by atoms with E-state index in [2.05, 4.69) is 10.1 Å². The van der Waals surface area contributed by atoms with Crippen LogP contribution >= 0.6 is 0 Å². The summed E-state index contributed by atoms with van der Waals surface area (Å²) < 4.78 is 37.4. The normalized spacial score (nSPS) is 16.4. The summed E-state index contributed by atoms with van der Waals surface area (Å²) >= 11 is 0. The number of halogens is 2. The van der Waals surface area contributed by atoms with Crippen molar-refractivity contribution in [3.05, 3.63) is 35.4 Å². The number of alkyl carbamates (subject to hydrolysis) is 1. The average Bonchev–Trinajstić information content (AvgIpc) is 2.60. The van der Waals surface area contributed by atoms with Gasteiger partial charge >= 0.3 is 12.2 Å². The van der Waals surface area contributed by atoms with Gasteiger partial charge in [-0.1, -0.05) is 6.07 Å². The molecule has 2 rings (SSSR count). The lowest BCUT2D eigenvalue weighted by Gasteiger charge is -2.37. The SMILES string of the molecule is COC(=O)NC(CN1CCN(C(=O)OC(C)(C)C)CC1)c1ccc(F)cc1F. The van der Waals surface area contributed by atoms with Gasteiger partial charge in [0.1, 0.15) is 17.2 Å². The summed E-state index contributed by atoms with van der Waals surface area (Å²) in [5.41, 5.74) is -0.398. The van der Waals surface area contributed by atoms with Crippen molar-refractivity contribution < 1.29 is 27.8 Å². The van der Waals surface area contributed by atoms with Crippen molar-refractivity contribution in [2.24, 2.45) is 0 Å². The lowest BCUT2D eigenvalue weighted by atomic mass is 10.1. The maximum Gasteiger partial charge on any atom is 0.410 e. The van der Waals surface area contributed by atoms with Crippen LogP contribution < -0.4 is 5.32 Å². The fourth-order valence-corrected chi connectivity index (χ4v) is 2.90. The molecule has 0 bridgehead atoms. The van der Waals surface area contributed by atoms with E-state index in [1.54, 1.807) is 4.90 Å². The van der Waals surface area contributed by atoms with Gasteiger partial charge in [-0.15, -0.1) is 0 Å². The number of piperazine rings is 1. The second kappa shape index (κ2) is 9.18. The molecule has 0 saturated carbocycles. The molecule has 0 aliphatic carbocycles. The topological polar surface area (TPSA) is 71.1 Å². The zero-order valence-corrected chi connectivity index (χ0v) is 16.6. The molecule has 1 heterocycles. The monoisotopic (exact) mass is 399 g/mol. The minimum Gasteiger partial charge on any atom is -0.453 e. The quantitative estimate of drug-likeness (QED) is 0.843. The van der Waals surface area contributed by atoms with Crippen molar-refractivity contribution in [2.75, 3.05) is 39.8 Å². The smallest absolute Gasteiger partial charge is 0.410 e. The van der Waals surface area contributed by atoms with E-state index >= 15 is 0 Å². The molecule has 7 nitrogen and oxygen atoms in total. The van der Waals surface area contributed by atoms with E-state index in [1.165, 1.54) is 13.2 Å².